The summed E-state index contributed by atoms with van der Waals surface area (Å²) in [5.41, 5.74) is 0. The first-order valence-electron chi connectivity index (χ1n) is 7.03. The van der Waals surface area contributed by atoms with Crippen LogP contribution < -0.4 is 0 Å². The maximum Gasteiger partial charge on any atom is 0.391 e. The predicted octanol–water partition coefficient (Wildman–Crippen LogP) is 4.61. The Bertz CT molecular complexity index is 271. The van der Waals surface area contributed by atoms with Gasteiger partial charge in [-0.1, -0.05) is 0 Å². The van der Waals surface area contributed by atoms with Crippen molar-refractivity contribution >= 4 is 6.72 Å². The van der Waals surface area contributed by atoms with Gasteiger partial charge in [-0.2, -0.15) is 13.2 Å². The average molecular weight is 261 g/mol. The second-order valence-electron chi connectivity index (χ2n) is 5.90. The molecule has 0 heterocycles. The van der Waals surface area contributed by atoms with Crippen molar-refractivity contribution in [3.8, 4) is 0 Å². The van der Waals surface area contributed by atoms with E-state index in [0.717, 1.165) is 38.5 Å². The molecular formula is C14H22F3N. The van der Waals surface area contributed by atoms with Gasteiger partial charge < -0.3 is 0 Å². The SMILES string of the molecule is C=N[C@H]1CC[C@H](C2CCC(C(F)(F)F)CC2)CC1. The quantitative estimate of drug-likeness (QED) is 0.643. The van der Waals surface area contributed by atoms with Crippen molar-refractivity contribution in [2.75, 3.05) is 0 Å². The lowest BCUT2D eigenvalue weighted by molar-refractivity contribution is -0.185. The molecule has 4 heteroatoms. The highest BCUT2D eigenvalue weighted by molar-refractivity contribution is 5.24. The summed E-state index contributed by atoms with van der Waals surface area (Å²) in [7, 11) is 0. The molecule has 0 saturated heterocycles. The van der Waals surface area contributed by atoms with E-state index in [9.17, 15) is 13.2 Å². The van der Waals surface area contributed by atoms with E-state index in [1.807, 2.05) is 0 Å². The van der Waals surface area contributed by atoms with E-state index in [1.165, 1.54) is 0 Å². The van der Waals surface area contributed by atoms with Gasteiger partial charge in [0.15, 0.2) is 0 Å². The summed E-state index contributed by atoms with van der Waals surface area (Å²) in [5, 5.41) is 0. The number of halogens is 3. The van der Waals surface area contributed by atoms with Crippen LogP contribution in [0, 0.1) is 17.8 Å². The zero-order chi connectivity index (χ0) is 13.2. The van der Waals surface area contributed by atoms with E-state index >= 15 is 0 Å². The second-order valence-corrected chi connectivity index (χ2v) is 5.90. The molecule has 2 fully saturated rings. The third-order valence-electron chi connectivity index (χ3n) is 4.90. The van der Waals surface area contributed by atoms with E-state index in [-0.39, 0.29) is 0 Å². The van der Waals surface area contributed by atoms with Crippen molar-refractivity contribution in [3.05, 3.63) is 0 Å². The highest BCUT2D eigenvalue weighted by Crippen LogP contribution is 2.44. The van der Waals surface area contributed by atoms with Crippen LogP contribution in [0.25, 0.3) is 0 Å². The van der Waals surface area contributed by atoms with Crippen molar-refractivity contribution < 1.29 is 13.2 Å². The van der Waals surface area contributed by atoms with Gasteiger partial charge in [-0.05, 0) is 69.9 Å². The standard InChI is InChI=1S/C14H22F3N/c1-18-13-8-4-11(5-9-13)10-2-6-12(7-3-10)14(15,16)17/h10-13H,1-9H2/t10?,11-,12?,13-. The van der Waals surface area contributed by atoms with E-state index in [0.29, 0.717) is 30.7 Å². The normalized spacial score (nSPS) is 38.4. The molecule has 2 saturated carbocycles. The number of rotatable bonds is 2. The number of hydrogen-bond donors (Lipinski definition) is 0. The summed E-state index contributed by atoms with van der Waals surface area (Å²) in [6.07, 6.45) is 2.65. The van der Waals surface area contributed by atoms with Crippen molar-refractivity contribution in [3.63, 3.8) is 0 Å². The first-order valence-corrected chi connectivity index (χ1v) is 7.03. The number of hydrogen-bond acceptors (Lipinski definition) is 1. The lowest BCUT2D eigenvalue weighted by Crippen LogP contribution is -2.31. The molecule has 0 unspecified atom stereocenters. The van der Waals surface area contributed by atoms with Gasteiger partial charge in [-0.3, -0.25) is 4.99 Å². The molecule has 18 heavy (non-hydrogen) atoms. The molecule has 0 aromatic carbocycles. The minimum Gasteiger partial charge on any atom is -0.298 e. The van der Waals surface area contributed by atoms with Crippen LogP contribution in [0.4, 0.5) is 13.2 Å². The minimum absolute atomic E-state index is 0.341. The first-order chi connectivity index (χ1) is 8.50. The molecule has 0 aromatic heterocycles. The van der Waals surface area contributed by atoms with E-state index < -0.39 is 12.1 Å². The Morgan fingerprint density at radius 3 is 1.61 bits per heavy atom. The van der Waals surface area contributed by atoms with Gasteiger partial charge in [-0.15, -0.1) is 0 Å². The Morgan fingerprint density at radius 2 is 1.22 bits per heavy atom. The monoisotopic (exact) mass is 261 g/mol. The minimum atomic E-state index is -3.98. The third-order valence-corrected chi connectivity index (χ3v) is 4.90. The van der Waals surface area contributed by atoms with Gasteiger partial charge in [0.2, 0.25) is 0 Å². The Kier molecular flexibility index (Phi) is 4.33. The summed E-state index contributed by atoms with van der Waals surface area (Å²) in [5.74, 6) is 0.117. The number of nitrogens with zero attached hydrogens (tertiary/aromatic N) is 1. The summed E-state index contributed by atoms with van der Waals surface area (Å²) in [4.78, 5) is 4.07. The molecule has 0 radical (unpaired) electrons. The molecule has 0 aromatic rings. The molecule has 2 aliphatic rings. The lowest BCUT2D eigenvalue weighted by Gasteiger charge is -2.37. The smallest absolute Gasteiger partial charge is 0.298 e. The van der Waals surface area contributed by atoms with Gasteiger partial charge in [-0.25, -0.2) is 0 Å². The number of alkyl halides is 3. The Morgan fingerprint density at radius 1 is 0.778 bits per heavy atom. The number of aliphatic imine (C=N–C) groups is 1. The predicted molar refractivity (Wildman–Crippen MR) is 66.8 cm³/mol. The molecule has 104 valence electrons. The van der Waals surface area contributed by atoms with Crippen LogP contribution in [0.15, 0.2) is 4.99 Å². The summed E-state index contributed by atoms with van der Waals surface area (Å²) in [6.45, 7) is 3.58. The van der Waals surface area contributed by atoms with E-state index in [4.69, 9.17) is 0 Å². The second kappa shape index (κ2) is 5.62. The molecule has 0 spiro atoms. The topological polar surface area (TPSA) is 12.4 Å². The van der Waals surface area contributed by atoms with Crippen LogP contribution in [0.1, 0.15) is 51.4 Å². The van der Waals surface area contributed by atoms with Crippen molar-refractivity contribution in [1.29, 1.82) is 0 Å². The van der Waals surface area contributed by atoms with Crippen molar-refractivity contribution in [2.45, 2.75) is 63.6 Å². The zero-order valence-corrected chi connectivity index (χ0v) is 10.8. The Balaban J connectivity index is 1.78. The molecule has 2 rings (SSSR count). The van der Waals surface area contributed by atoms with Crippen molar-refractivity contribution in [1.82, 2.24) is 0 Å². The van der Waals surface area contributed by atoms with Gasteiger partial charge >= 0.3 is 6.18 Å². The fourth-order valence-corrected chi connectivity index (χ4v) is 3.67. The summed E-state index contributed by atoms with van der Waals surface area (Å²) < 4.78 is 37.8. The van der Waals surface area contributed by atoms with Crippen LogP contribution in [-0.2, 0) is 0 Å². The molecule has 0 N–H and O–H groups in total. The lowest BCUT2D eigenvalue weighted by atomic mass is 9.70. The van der Waals surface area contributed by atoms with Crippen LogP contribution >= 0.6 is 0 Å². The molecule has 0 aliphatic heterocycles. The van der Waals surface area contributed by atoms with Crippen molar-refractivity contribution in [2.24, 2.45) is 22.7 Å². The molecule has 0 atom stereocenters. The van der Waals surface area contributed by atoms with Gasteiger partial charge in [0.25, 0.3) is 0 Å². The zero-order valence-electron chi connectivity index (χ0n) is 10.8. The fourth-order valence-electron chi connectivity index (χ4n) is 3.67. The molecule has 0 amide bonds. The summed E-state index contributed by atoms with van der Waals surface area (Å²) >= 11 is 0. The average Bonchev–Trinajstić information content (AvgIpc) is 2.38. The molecule has 0 bridgehead atoms. The molecular weight excluding hydrogens is 239 g/mol. The van der Waals surface area contributed by atoms with Crippen LogP contribution in [0.5, 0.6) is 0 Å². The Labute approximate surface area is 107 Å². The Hall–Kier alpha value is -0.540. The first kappa shape index (κ1) is 13.9. The maximum absolute atomic E-state index is 12.6. The maximum atomic E-state index is 12.6. The van der Waals surface area contributed by atoms with Gasteiger partial charge in [0.1, 0.15) is 0 Å². The fraction of sp³-hybridized carbons (Fsp3) is 0.929. The molecule has 2 aliphatic carbocycles. The van der Waals surface area contributed by atoms with Gasteiger partial charge in [0.05, 0.1) is 5.92 Å². The van der Waals surface area contributed by atoms with Gasteiger partial charge in [0, 0.05) is 6.04 Å². The van der Waals surface area contributed by atoms with Crippen LogP contribution in [0.3, 0.4) is 0 Å². The molecule has 1 nitrogen and oxygen atoms in total. The van der Waals surface area contributed by atoms with Crippen LogP contribution in [-0.4, -0.2) is 18.9 Å². The largest absolute Gasteiger partial charge is 0.391 e. The third kappa shape index (κ3) is 3.27. The highest BCUT2D eigenvalue weighted by Gasteiger charge is 2.42. The van der Waals surface area contributed by atoms with Crippen LogP contribution in [0.2, 0.25) is 0 Å². The van der Waals surface area contributed by atoms with E-state index in [2.05, 4.69) is 11.7 Å². The summed E-state index contributed by atoms with van der Waals surface area (Å²) in [6, 6.07) is 0.396. The highest BCUT2D eigenvalue weighted by atomic mass is 19.4. The van der Waals surface area contributed by atoms with E-state index in [1.54, 1.807) is 0 Å².